The average Bonchev–Trinajstić information content (AvgIpc) is 3.28. The fraction of sp³-hybridized carbons (Fsp3) is 1.00. The van der Waals surface area contributed by atoms with E-state index in [-0.39, 0.29) is 0 Å². The first-order valence-corrected chi connectivity index (χ1v) is 22.0. The van der Waals surface area contributed by atoms with E-state index >= 15 is 0 Å². The van der Waals surface area contributed by atoms with Crippen molar-refractivity contribution in [3.63, 3.8) is 0 Å². The minimum absolute atomic E-state index is 0.456. The molecule has 4 fully saturated rings. The first kappa shape index (κ1) is 30.3. The Bertz CT molecular complexity index is 732. The fourth-order valence-corrected chi connectivity index (χ4v) is 16.8. The second-order valence-electron chi connectivity index (χ2n) is 14.7. The first-order valence-electron chi connectivity index (χ1n) is 16.9. The van der Waals surface area contributed by atoms with Crippen LogP contribution in [0.25, 0.3) is 0 Å². The van der Waals surface area contributed by atoms with Crippen LogP contribution in [0, 0.1) is 40.4 Å². The molecule has 0 spiro atoms. The van der Waals surface area contributed by atoms with Gasteiger partial charge in [-0.25, -0.2) is 0 Å². The van der Waals surface area contributed by atoms with Crippen molar-refractivity contribution in [3.05, 3.63) is 0 Å². The van der Waals surface area contributed by atoms with Gasteiger partial charge in [0.2, 0.25) is 0 Å². The molecule has 0 bridgehead atoms. The number of rotatable bonds is 11. The Morgan fingerprint density at radius 1 is 0.676 bits per heavy atom. The van der Waals surface area contributed by atoms with Gasteiger partial charge in [0.15, 0.2) is 16.6 Å². The van der Waals surface area contributed by atoms with E-state index in [1.807, 2.05) is 0 Å². The van der Waals surface area contributed by atoms with Crippen LogP contribution in [0.1, 0.15) is 120 Å². The minimum atomic E-state index is -1.55. The highest BCUT2D eigenvalue weighted by Crippen LogP contribution is 2.68. The summed E-state index contributed by atoms with van der Waals surface area (Å²) in [6, 6.07) is 7.74. The smallest absolute Gasteiger partial charge is 0.192 e. The van der Waals surface area contributed by atoms with Gasteiger partial charge in [0.1, 0.15) is 0 Å². The van der Waals surface area contributed by atoms with Crippen molar-refractivity contribution in [1.82, 2.24) is 0 Å². The lowest BCUT2D eigenvalue weighted by atomic mass is 9.44. The van der Waals surface area contributed by atoms with Crippen molar-refractivity contribution in [2.24, 2.45) is 40.4 Å². The van der Waals surface area contributed by atoms with Crippen molar-refractivity contribution < 1.29 is 8.85 Å². The molecule has 9 atom stereocenters. The van der Waals surface area contributed by atoms with Gasteiger partial charge < -0.3 is 8.85 Å². The van der Waals surface area contributed by atoms with Gasteiger partial charge in [-0.3, -0.25) is 0 Å². The summed E-state index contributed by atoms with van der Waals surface area (Å²) in [5, 5.41) is 0. The fourth-order valence-electron chi connectivity index (χ4n) is 11.0. The summed E-state index contributed by atoms with van der Waals surface area (Å²) in [5.41, 5.74) is 1.07. The summed E-state index contributed by atoms with van der Waals surface area (Å²) in [7, 11) is -3.05. The maximum Gasteiger partial charge on any atom is 0.192 e. The summed E-state index contributed by atoms with van der Waals surface area (Å²) >= 11 is 0. The van der Waals surface area contributed by atoms with E-state index in [1.54, 1.807) is 0 Å². The summed E-state index contributed by atoms with van der Waals surface area (Å²) in [6.07, 6.45) is 13.9. The topological polar surface area (TPSA) is 18.5 Å². The van der Waals surface area contributed by atoms with Crippen LogP contribution in [0.4, 0.5) is 0 Å². The van der Waals surface area contributed by atoms with Crippen LogP contribution in [-0.4, -0.2) is 28.8 Å². The molecule has 0 saturated heterocycles. The van der Waals surface area contributed by atoms with Crippen molar-refractivity contribution in [1.29, 1.82) is 0 Å². The molecule has 0 aliphatic heterocycles. The van der Waals surface area contributed by atoms with Gasteiger partial charge in [0, 0.05) is 12.2 Å². The number of hydrogen-bond donors (Lipinski definition) is 0. The molecular formula is C33H64O2Si2. The Hall–Kier alpha value is 0.354. The zero-order valence-electron chi connectivity index (χ0n) is 26.5. The van der Waals surface area contributed by atoms with Gasteiger partial charge in [0.25, 0.3) is 0 Å². The first-order chi connectivity index (χ1) is 17.6. The van der Waals surface area contributed by atoms with Crippen LogP contribution in [0.2, 0.25) is 36.3 Å². The van der Waals surface area contributed by atoms with Crippen LogP contribution in [-0.2, 0) is 8.85 Å². The maximum atomic E-state index is 7.13. The van der Waals surface area contributed by atoms with Gasteiger partial charge in [-0.1, -0.05) is 55.4 Å². The molecule has 4 aliphatic rings. The molecule has 4 rings (SSSR count). The van der Waals surface area contributed by atoms with Crippen molar-refractivity contribution in [2.45, 2.75) is 169 Å². The van der Waals surface area contributed by atoms with Crippen molar-refractivity contribution in [3.8, 4) is 0 Å². The lowest BCUT2D eigenvalue weighted by molar-refractivity contribution is -0.130. The maximum absolute atomic E-state index is 7.13. The zero-order chi connectivity index (χ0) is 27.1. The molecular weight excluding hydrogens is 485 g/mol. The molecule has 0 unspecified atom stereocenters. The summed E-state index contributed by atoms with van der Waals surface area (Å²) in [4.78, 5) is 0. The molecule has 0 aromatic rings. The molecule has 2 nitrogen and oxygen atoms in total. The van der Waals surface area contributed by atoms with Crippen LogP contribution in [0.5, 0.6) is 0 Å². The van der Waals surface area contributed by atoms with Crippen molar-refractivity contribution in [2.75, 3.05) is 0 Å². The predicted molar refractivity (Wildman–Crippen MR) is 165 cm³/mol. The van der Waals surface area contributed by atoms with Crippen LogP contribution in [0.3, 0.4) is 0 Å². The van der Waals surface area contributed by atoms with Gasteiger partial charge in [-0.15, -0.1) is 0 Å². The molecule has 0 N–H and O–H groups in total. The summed E-state index contributed by atoms with van der Waals surface area (Å²) in [5.74, 6) is 4.55. The second kappa shape index (κ2) is 11.7. The van der Waals surface area contributed by atoms with Gasteiger partial charge in [0.05, 0.1) is 0 Å². The van der Waals surface area contributed by atoms with E-state index in [0.717, 1.165) is 29.6 Å². The number of fused-ring (bicyclic) bond motifs is 5. The lowest BCUT2D eigenvalue weighted by Gasteiger charge is -2.61. The van der Waals surface area contributed by atoms with E-state index in [9.17, 15) is 0 Å². The molecule has 4 aliphatic carbocycles. The Morgan fingerprint density at radius 3 is 1.84 bits per heavy atom. The Labute approximate surface area is 234 Å². The predicted octanol–water partition coefficient (Wildman–Crippen LogP) is 10.4. The van der Waals surface area contributed by atoms with Crippen LogP contribution >= 0.6 is 0 Å². The van der Waals surface area contributed by atoms with E-state index < -0.39 is 16.6 Å². The van der Waals surface area contributed by atoms with Gasteiger partial charge >= 0.3 is 0 Å². The Kier molecular flexibility index (Phi) is 9.58. The zero-order valence-corrected chi connectivity index (χ0v) is 28.5. The van der Waals surface area contributed by atoms with Crippen LogP contribution < -0.4 is 0 Å². The highest BCUT2D eigenvalue weighted by molar-refractivity contribution is 6.74. The summed E-state index contributed by atoms with van der Waals surface area (Å²) in [6.45, 7) is 22.3. The van der Waals surface area contributed by atoms with Crippen molar-refractivity contribution >= 4 is 16.6 Å². The number of hydrogen-bond acceptors (Lipinski definition) is 2. The lowest BCUT2D eigenvalue weighted by Crippen LogP contribution is -2.55. The SMILES string of the molecule is CC[Si](CC)(CC)O[C@@H]1CC[C@@]2(C)[C@H](CC[C@@H]3[C@@H]2CC[C@]2(C)[C@@H]([C@@H](C)O[Si](CC)(CC)CC)CC[C@@H]32)C1. The van der Waals surface area contributed by atoms with Gasteiger partial charge in [-0.05, 0) is 141 Å². The molecule has 0 aromatic heterocycles. The molecule has 4 saturated carbocycles. The molecule has 37 heavy (non-hydrogen) atoms. The molecule has 0 aromatic carbocycles. The quantitative estimate of drug-likeness (QED) is 0.239. The van der Waals surface area contributed by atoms with Crippen LogP contribution in [0.15, 0.2) is 0 Å². The Morgan fingerprint density at radius 2 is 1.24 bits per heavy atom. The standard InChI is InChI=1S/C33H64O2Si2/c1-10-36(11-2,12-3)34-25(7)29-18-19-30-28-17-16-26-24-27(35-37(13-4,14-5)15-6)20-22-32(26,8)31(28)21-23-33(29,30)9/h25-31H,10-24H2,1-9H3/t25-,26-,27-,28+,29-,30+,31+,32+,33-/m1/s1. The summed E-state index contributed by atoms with van der Waals surface area (Å²) < 4.78 is 14.2. The second-order valence-corrected chi connectivity index (χ2v) is 24.2. The molecule has 0 amide bonds. The van der Waals surface area contributed by atoms with E-state index in [2.05, 4.69) is 62.3 Å². The average molecular weight is 549 g/mol. The molecule has 0 radical (unpaired) electrons. The van der Waals surface area contributed by atoms with Gasteiger partial charge in [-0.2, -0.15) is 0 Å². The molecule has 0 heterocycles. The largest absolute Gasteiger partial charge is 0.414 e. The monoisotopic (exact) mass is 548 g/mol. The van der Waals surface area contributed by atoms with E-state index in [0.29, 0.717) is 23.0 Å². The minimum Gasteiger partial charge on any atom is -0.414 e. The third-order valence-electron chi connectivity index (χ3n) is 14.0. The Balaban J connectivity index is 1.45. The molecule has 4 heteroatoms. The third kappa shape index (κ3) is 5.26. The molecule has 216 valence electrons. The van der Waals surface area contributed by atoms with E-state index in [1.165, 1.54) is 94.1 Å². The highest BCUT2D eigenvalue weighted by atomic mass is 28.4. The normalized spacial score (nSPS) is 41.1. The third-order valence-corrected chi connectivity index (χ3v) is 23.4. The van der Waals surface area contributed by atoms with E-state index in [4.69, 9.17) is 8.85 Å². The highest BCUT2D eigenvalue weighted by Gasteiger charge is 2.61.